The molecule has 0 N–H and O–H groups in total. The molecule has 8 heteroatoms. The lowest BCUT2D eigenvalue weighted by atomic mass is 9.77. The highest BCUT2D eigenvalue weighted by Crippen LogP contribution is 2.42. The lowest BCUT2D eigenvalue weighted by molar-refractivity contribution is -0.0130. The van der Waals surface area contributed by atoms with E-state index in [0.29, 0.717) is 12.1 Å². The van der Waals surface area contributed by atoms with E-state index in [9.17, 15) is 0 Å². The third-order valence-electron chi connectivity index (χ3n) is 11.5. The van der Waals surface area contributed by atoms with Crippen molar-refractivity contribution in [3.8, 4) is 0 Å². The minimum absolute atomic E-state index is 0.0734. The highest BCUT2D eigenvalue weighted by molar-refractivity contribution is 5.49. The van der Waals surface area contributed by atoms with E-state index in [-0.39, 0.29) is 22.2 Å². The summed E-state index contributed by atoms with van der Waals surface area (Å²) in [6.07, 6.45) is 13.1. The second-order valence-corrected chi connectivity index (χ2v) is 16.9. The minimum Gasteiger partial charge on any atom is -0.338 e. The molecule has 0 atom stereocenters. The van der Waals surface area contributed by atoms with Crippen LogP contribution in [-0.2, 0) is 0 Å². The maximum absolute atomic E-state index is 5.49. The van der Waals surface area contributed by atoms with Crippen LogP contribution in [0.15, 0.2) is 12.7 Å². The van der Waals surface area contributed by atoms with E-state index in [1.54, 1.807) is 0 Å². The van der Waals surface area contributed by atoms with Crippen molar-refractivity contribution in [1.82, 2.24) is 24.8 Å². The molecule has 8 nitrogen and oxygen atoms in total. The molecule has 0 amide bonds. The van der Waals surface area contributed by atoms with Gasteiger partial charge in [-0.15, -0.1) is 6.58 Å². The Bertz CT molecular complexity index is 1000. The highest BCUT2D eigenvalue weighted by atomic mass is 15.4. The molecule has 0 unspecified atom stereocenters. The number of piperidine rings is 2. The Hall–Kier alpha value is -1.93. The Morgan fingerprint density at radius 2 is 0.935 bits per heavy atom. The summed E-state index contributed by atoms with van der Waals surface area (Å²) >= 11 is 0. The summed E-state index contributed by atoms with van der Waals surface area (Å²) in [5, 5.41) is 0. The van der Waals surface area contributed by atoms with E-state index in [0.717, 1.165) is 108 Å². The van der Waals surface area contributed by atoms with Crippen molar-refractivity contribution in [3.63, 3.8) is 0 Å². The number of aromatic nitrogens is 3. The minimum atomic E-state index is 0.0734. The van der Waals surface area contributed by atoms with Crippen LogP contribution in [0.4, 0.5) is 17.8 Å². The average molecular weight is 641 g/mol. The molecule has 0 radical (unpaired) electrons. The molecule has 0 bridgehead atoms. The van der Waals surface area contributed by atoms with E-state index in [1.807, 2.05) is 6.08 Å². The van der Waals surface area contributed by atoms with Gasteiger partial charge in [0.2, 0.25) is 17.8 Å². The molecule has 2 saturated heterocycles. The molecule has 0 aliphatic carbocycles. The van der Waals surface area contributed by atoms with Crippen molar-refractivity contribution in [2.45, 2.75) is 175 Å². The van der Waals surface area contributed by atoms with Crippen molar-refractivity contribution in [3.05, 3.63) is 12.7 Å². The maximum Gasteiger partial charge on any atom is 0.232 e. The van der Waals surface area contributed by atoms with Crippen molar-refractivity contribution in [2.75, 3.05) is 55.0 Å². The van der Waals surface area contributed by atoms with Crippen LogP contribution in [0.1, 0.15) is 140 Å². The number of anilines is 3. The van der Waals surface area contributed by atoms with Crippen LogP contribution in [0.3, 0.4) is 0 Å². The zero-order valence-electron chi connectivity index (χ0n) is 32.4. The fraction of sp³-hybridized carbons (Fsp3) is 0.868. The van der Waals surface area contributed by atoms with Crippen LogP contribution in [-0.4, -0.2) is 99.3 Å². The molecular weight excluding hydrogens is 568 g/mol. The van der Waals surface area contributed by atoms with Crippen molar-refractivity contribution in [2.24, 2.45) is 0 Å². The summed E-state index contributed by atoms with van der Waals surface area (Å²) in [4.78, 5) is 28.8. The summed E-state index contributed by atoms with van der Waals surface area (Å²) in [5.41, 5.74) is 0.294. The third kappa shape index (κ3) is 8.94. The van der Waals surface area contributed by atoms with E-state index in [2.05, 4.69) is 121 Å². The predicted molar refractivity (Wildman–Crippen MR) is 200 cm³/mol. The number of unbranched alkanes of at least 4 members (excludes halogenated alkanes) is 3. The van der Waals surface area contributed by atoms with Crippen LogP contribution >= 0.6 is 0 Å². The van der Waals surface area contributed by atoms with Gasteiger partial charge in [-0.05, 0) is 114 Å². The first-order valence-corrected chi connectivity index (χ1v) is 18.6. The lowest BCUT2D eigenvalue weighted by Crippen LogP contribution is -2.63. The first kappa shape index (κ1) is 38.5. The van der Waals surface area contributed by atoms with Gasteiger partial charge in [-0.25, -0.2) is 0 Å². The Morgan fingerprint density at radius 3 is 1.26 bits per heavy atom. The smallest absolute Gasteiger partial charge is 0.232 e. The van der Waals surface area contributed by atoms with E-state index in [4.69, 9.17) is 15.0 Å². The summed E-state index contributed by atoms with van der Waals surface area (Å²) < 4.78 is 0. The topological polar surface area (TPSA) is 54.9 Å². The molecule has 0 aromatic carbocycles. The number of hydrogen-bond acceptors (Lipinski definition) is 8. The van der Waals surface area contributed by atoms with E-state index >= 15 is 0 Å². The molecule has 0 saturated carbocycles. The van der Waals surface area contributed by atoms with Gasteiger partial charge in [-0.3, -0.25) is 9.80 Å². The molecule has 2 aliphatic rings. The summed E-state index contributed by atoms with van der Waals surface area (Å²) in [6.45, 7) is 33.7. The molecule has 2 fully saturated rings. The van der Waals surface area contributed by atoms with E-state index < -0.39 is 0 Å². The lowest BCUT2D eigenvalue weighted by Gasteiger charge is -2.56. The average Bonchev–Trinajstić information content (AvgIpc) is 2.96. The quantitative estimate of drug-likeness (QED) is 0.168. The molecule has 2 aliphatic heterocycles. The number of likely N-dealkylation sites (tertiary alicyclic amines) is 2. The van der Waals surface area contributed by atoms with Gasteiger partial charge in [0.25, 0.3) is 0 Å². The third-order valence-corrected chi connectivity index (χ3v) is 11.5. The van der Waals surface area contributed by atoms with Crippen molar-refractivity contribution >= 4 is 17.8 Å². The first-order valence-electron chi connectivity index (χ1n) is 18.6. The number of rotatable bonds is 16. The van der Waals surface area contributed by atoms with Crippen LogP contribution in [0.5, 0.6) is 0 Å². The second-order valence-electron chi connectivity index (χ2n) is 16.9. The largest absolute Gasteiger partial charge is 0.338 e. The van der Waals surface area contributed by atoms with Crippen molar-refractivity contribution in [1.29, 1.82) is 0 Å². The molecule has 0 spiro atoms. The number of nitrogens with zero attached hydrogens (tertiary/aromatic N) is 8. The molecule has 1 aromatic rings. The summed E-state index contributed by atoms with van der Waals surface area (Å²) in [7, 11) is 4.59. The van der Waals surface area contributed by atoms with Crippen LogP contribution in [0.25, 0.3) is 0 Å². The fourth-order valence-corrected chi connectivity index (χ4v) is 8.15. The Balaban J connectivity index is 2.23. The van der Waals surface area contributed by atoms with Gasteiger partial charge in [0, 0.05) is 60.4 Å². The summed E-state index contributed by atoms with van der Waals surface area (Å²) in [6, 6.07) is 0.703. The molecule has 3 rings (SSSR count). The van der Waals surface area contributed by atoms with Gasteiger partial charge >= 0.3 is 0 Å². The predicted octanol–water partition coefficient (Wildman–Crippen LogP) is 8.18. The van der Waals surface area contributed by atoms with Crippen LogP contribution < -0.4 is 14.7 Å². The van der Waals surface area contributed by atoms with Gasteiger partial charge in [0.1, 0.15) is 0 Å². The zero-order valence-corrected chi connectivity index (χ0v) is 32.4. The Kier molecular flexibility index (Phi) is 13.0. The van der Waals surface area contributed by atoms with Gasteiger partial charge in [0.05, 0.1) is 0 Å². The Morgan fingerprint density at radius 1 is 0.609 bits per heavy atom. The standard InChI is InChI=1S/C38H72N8/c1-15-19-23-44(22-18-4)32-39-33(45(24-20-16-2)30-26-35(5,6)42(13)36(7,8)27-30)41-34(40-32)46(25-21-17-3)31-28-37(9,10)43(14)38(11,12)29-31/h18,30-31H,4,15-17,19-29H2,1-3,5-14H3. The van der Waals surface area contributed by atoms with Gasteiger partial charge in [-0.1, -0.05) is 46.1 Å². The SMILES string of the molecule is C=CCN(CCCC)c1nc(N(CCCC)C2CC(C)(C)N(C)C(C)(C)C2)nc(N(CCCC)C2CC(C)(C)N(C)C(C)(C)C2)n1. The molecule has 264 valence electrons. The van der Waals surface area contributed by atoms with Crippen molar-refractivity contribution < 1.29 is 0 Å². The fourth-order valence-electron chi connectivity index (χ4n) is 8.15. The normalized spacial score (nSPS) is 21.7. The van der Waals surface area contributed by atoms with Gasteiger partial charge in [-0.2, -0.15) is 15.0 Å². The molecule has 46 heavy (non-hydrogen) atoms. The second kappa shape index (κ2) is 15.5. The monoisotopic (exact) mass is 641 g/mol. The van der Waals surface area contributed by atoms with Gasteiger partial charge in [0.15, 0.2) is 0 Å². The molecule has 1 aromatic heterocycles. The Labute approximate surface area is 284 Å². The zero-order chi connectivity index (χ0) is 34.5. The van der Waals surface area contributed by atoms with Gasteiger partial charge < -0.3 is 14.7 Å². The highest BCUT2D eigenvalue weighted by Gasteiger charge is 2.47. The maximum atomic E-state index is 5.49. The summed E-state index contributed by atoms with van der Waals surface area (Å²) in [5.74, 6) is 2.51. The van der Waals surface area contributed by atoms with Crippen LogP contribution in [0.2, 0.25) is 0 Å². The number of hydrogen-bond donors (Lipinski definition) is 0. The van der Waals surface area contributed by atoms with Crippen LogP contribution in [0, 0.1) is 0 Å². The molecular formula is C38H72N8. The molecule has 3 heterocycles. The van der Waals surface area contributed by atoms with E-state index in [1.165, 1.54) is 0 Å². The first-order chi connectivity index (χ1) is 21.4.